The van der Waals surface area contributed by atoms with Crippen molar-refractivity contribution in [3.8, 4) is 0 Å². The molecule has 14 heavy (non-hydrogen) atoms. The van der Waals surface area contributed by atoms with Crippen molar-refractivity contribution in [3.63, 3.8) is 0 Å². The highest BCUT2D eigenvalue weighted by Crippen LogP contribution is 2.11. The van der Waals surface area contributed by atoms with Crippen LogP contribution >= 0.6 is 0 Å². The number of nitrogens with zero attached hydrogens (tertiary/aromatic N) is 3. The Labute approximate surface area is 83.7 Å². The van der Waals surface area contributed by atoms with Crippen LogP contribution in [-0.2, 0) is 0 Å². The lowest BCUT2D eigenvalue weighted by Gasteiger charge is -2.04. The highest BCUT2D eigenvalue weighted by Gasteiger charge is 1.99. The molecule has 0 bridgehead atoms. The van der Waals surface area contributed by atoms with Crippen molar-refractivity contribution in [2.45, 2.75) is 19.9 Å². The van der Waals surface area contributed by atoms with Gasteiger partial charge in [-0.2, -0.15) is 0 Å². The highest BCUT2D eigenvalue weighted by atomic mass is 15.1. The zero-order valence-corrected chi connectivity index (χ0v) is 8.38. The molecule has 0 fully saturated rings. The molecule has 0 aliphatic rings. The monoisotopic (exact) mass is 187 g/mol. The van der Waals surface area contributed by atoms with Gasteiger partial charge in [-0.05, 0) is 18.0 Å². The molecule has 1 aromatic carbocycles. The van der Waals surface area contributed by atoms with Crippen LogP contribution < -0.4 is 0 Å². The molecular formula is C11H13N3. The van der Waals surface area contributed by atoms with E-state index in [0.29, 0.717) is 0 Å². The van der Waals surface area contributed by atoms with Crippen molar-refractivity contribution in [2.24, 2.45) is 5.11 Å². The Morgan fingerprint density at radius 3 is 2.64 bits per heavy atom. The van der Waals surface area contributed by atoms with Gasteiger partial charge in [0.15, 0.2) is 0 Å². The zero-order chi connectivity index (χ0) is 10.4. The summed E-state index contributed by atoms with van der Waals surface area (Å²) in [6.45, 7) is 3.85. The van der Waals surface area contributed by atoms with Crippen LogP contribution in [0.15, 0.2) is 41.0 Å². The number of azide groups is 1. The molecule has 72 valence electrons. The molecule has 0 aliphatic carbocycles. The standard InChI is InChI=1S/C11H13N3/c1-9(10(2)13-14-12)8-11-6-4-3-5-7-11/h3-8,10H,1-2H3/b9-8+/t10-/m1/s1. The Bertz CT molecular complexity index is 361. The van der Waals surface area contributed by atoms with Gasteiger partial charge in [0.25, 0.3) is 0 Å². The SMILES string of the molecule is C/C(=C\c1ccccc1)[C@@H](C)N=[N+]=[N-]. The van der Waals surface area contributed by atoms with E-state index in [2.05, 4.69) is 10.0 Å². The Kier molecular flexibility index (Phi) is 3.77. The lowest BCUT2D eigenvalue weighted by molar-refractivity contribution is 0.856. The van der Waals surface area contributed by atoms with E-state index < -0.39 is 0 Å². The summed E-state index contributed by atoms with van der Waals surface area (Å²) in [4.78, 5) is 2.78. The topological polar surface area (TPSA) is 48.8 Å². The molecule has 3 nitrogen and oxygen atoms in total. The van der Waals surface area contributed by atoms with Crippen LogP contribution in [0.1, 0.15) is 19.4 Å². The van der Waals surface area contributed by atoms with E-state index in [-0.39, 0.29) is 6.04 Å². The second kappa shape index (κ2) is 5.10. The predicted octanol–water partition coefficient (Wildman–Crippen LogP) is 3.79. The number of benzene rings is 1. The number of rotatable bonds is 3. The van der Waals surface area contributed by atoms with Gasteiger partial charge in [-0.3, -0.25) is 0 Å². The second-order valence-electron chi connectivity index (χ2n) is 3.18. The fourth-order valence-electron chi connectivity index (χ4n) is 1.10. The Balaban J connectivity index is 2.83. The minimum atomic E-state index is -0.0831. The van der Waals surface area contributed by atoms with Crippen molar-refractivity contribution < 1.29 is 0 Å². The van der Waals surface area contributed by atoms with Crippen molar-refractivity contribution >= 4 is 6.08 Å². The van der Waals surface area contributed by atoms with Gasteiger partial charge in [0.1, 0.15) is 0 Å². The first-order valence-electron chi connectivity index (χ1n) is 4.51. The molecule has 0 N–H and O–H groups in total. The van der Waals surface area contributed by atoms with E-state index in [1.807, 2.05) is 50.3 Å². The van der Waals surface area contributed by atoms with Gasteiger partial charge >= 0.3 is 0 Å². The van der Waals surface area contributed by atoms with Gasteiger partial charge in [-0.15, -0.1) is 0 Å². The van der Waals surface area contributed by atoms with E-state index in [1.165, 1.54) is 0 Å². The third kappa shape index (κ3) is 2.96. The molecule has 1 aromatic rings. The van der Waals surface area contributed by atoms with Crippen LogP contribution in [0.2, 0.25) is 0 Å². The largest absolute Gasteiger partial charge is 0.0866 e. The van der Waals surface area contributed by atoms with E-state index in [0.717, 1.165) is 11.1 Å². The van der Waals surface area contributed by atoms with Crippen molar-refractivity contribution in [3.05, 3.63) is 51.9 Å². The summed E-state index contributed by atoms with van der Waals surface area (Å²) in [7, 11) is 0. The first-order valence-corrected chi connectivity index (χ1v) is 4.51. The number of hydrogen-bond donors (Lipinski definition) is 0. The Morgan fingerprint density at radius 2 is 2.07 bits per heavy atom. The van der Waals surface area contributed by atoms with Gasteiger partial charge in [-0.25, -0.2) is 0 Å². The Morgan fingerprint density at radius 1 is 1.43 bits per heavy atom. The van der Waals surface area contributed by atoms with Gasteiger partial charge < -0.3 is 0 Å². The highest BCUT2D eigenvalue weighted by molar-refractivity contribution is 5.53. The molecule has 0 saturated heterocycles. The van der Waals surface area contributed by atoms with E-state index in [1.54, 1.807) is 0 Å². The average Bonchev–Trinajstić information content (AvgIpc) is 2.19. The summed E-state index contributed by atoms with van der Waals surface area (Å²) in [5.41, 5.74) is 10.5. The fourth-order valence-corrected chi connectivity index (χ4v) is 1.10. The summed E-state index contributed by atoms with van der Waals surface area (Å²) >= 11 is 0. The summed E-state index contributed by atoms with van der Waals surface area (Å²) in [6, 6.07) is 9.90. The van der Waals surface area contributed by atoms with Crippen LogP contribution in [0.3, 0.4) is 0 Å². The molecule has 0 aliphatic heterocycles. The van der Waals surface area contributed by atoms with Crippen molar-refractivity contribution in [1.82, 2.24) is 0 Å². The summed E-state index contributed by atoms with van der Waals surface area (Å²) < 4.78 is 0. The number of hydrogen-bond acceptors (Lipinski definition) is 1. The van der Waals surface area contributed by atoms with Gasteiger partial charge in [0.05, 0.1) is 6.04 Å². The maximum atomic E-state index is 8.28. The second-order valence-corrected chi connectivity index (χ2v) is 3.18. The summed E-state index contributed by atoms with van der Waals surface area (Å²) in [5, 5.41) is 3.63. The molecule has 0 spiro atoms. The summed E-state index contributed by atoms with van der Waals surface area (Å²) in [6.07, 6.45) is 2.03. The van der Waals surface area contributed by atoms with Gasteiger partial charge in [0, 0.05) is 4.91 Å². The Hall–Kier alpha value is -1.73. The molecule has 3 heteroatoms. The molecule has 0 amide bonds. The average molecular weight is 187 g/mol. The maximum absolute atomic E-state index is 8.28. The quantitative estimate of drug-likeness (QED) is 0.392. The smallest absolute Gasteiger partial charge is 0.0557 e. The molecule has 0 unspecified atom stereocenters. The van der Waals surface area contributed by atoms with Crippen LogP contribution in [0, 0.1) is 0 Å². The third-order valence-electron chi connectivity index (χ3n) is 2.08. The summed E-state index contributed by atoms with van der Waals surface area (Å²) in [5.74, 6) is 0. The molecule has 1 atom stereocenters. The minimum absolute atomic E-state index is 0.0831. The van der Waals surface area contributed by atoms with Gasteiger partial charge in [-0.1, -0.05) is 54.0 Å². The molecule has 1 rings (SSSR count). The lowest BCUT2D eigenvalue weighted by Crippen LogP contribution is -1.97. The van der Waals surface area contributed by atoms with E-state index in [4.69, 9.17) is 5.53 Å². The first-order chi connectivity index (χ1) is 6.74. The molecule has 0 saturated carbocycles. The van der Waals surface area contributed by atoms with Gasteiger partial charge in [0.2, 0.25) is 0 Å². The van der Waals surface area contributed by atoms with Crippen LogP contribution in [-0.4, -0.2) is 6.04 Å². The minimum Gasteiger partial charge on any atom is -0.0866 e. The molecular weight excluding hydrogens is 174 g/mol. The molecule has 0 radical (unpaired) electrons. The maximum Gasteiger partial charge on any atom is 0.0557 e. The molecule has 0 aromatic heterocycles. The van der Waals surface area contributed by atoms with Crippen molar-refractivity contribution in [1.29, 1.82) is 0 Å². The first kappa shape index (κ1) is 10.4. The van der Waals surface area contributed by atoms with E-state index in [9.17, 15) is 0 Å². The lowest BCUT2D eigenvalue weighted by atomic mass is 10.1. The van der Waals surface area contributed by atoms with Crippen LogP contribution in [0.4, 0.5) is 0 Å². The van der Waals surface area contributed by atoms with Crippen LogP contribution in [0.25, 0.3) is 16.5 Å². The fraction of sp³-hybridized carbons (Fsp3) is 0.273. The third-order valence-corrected chi connectivity index (χ3v) is 2.08. The molecule has 0 heterocycles. The normalized spacial score (nSPS) is 13.1. The van der Waals surface area contributed by atoms with Crippen molar-refractivity contribution in [2.75, 3.05) is 0 Å². The van der Waals surface area contributed by atoms with Crippen LogP contribution in [0.5, 0.6) is 0 Å². The predicted molar refractivity (Wildman–Crippen MR) is 58.7 cm³/mol. The zero-order valence-electron chi connectivity index (χ0n) is 8.38. The van der Waals surface area contributed by atoms with E-state index >= 15 is 0 Å².